The lowest BCUT2D eigenvalue weighted by molar-refractivity contribution is 0.266. The average molecular weight is 242 g/mol. The van der Waals surface area contributed by atoms with Gasteiger partial charge in [-0.15, -0.1) is 0 Å². The first-order chi connectivity index (χ1) is 6.09. The molecule has 1 rings (SSSR count). The molecule has 0 aliphatic carbocycles. The Labute approximate surface area is 88.9 Å². The van der Waals surface area contributed by atoms with Gasteiger partial charge in [0.15, 0.2) is 0 Å². The van der Waals surface area contributed by atoms with Gasteiger partial charge in [0.2, 0.25) is 0 Å². The molecule has 72 valence electrons. The first kappa shape index (κ1) is 10.7. The van der Waals surface area contributed by atoms with Crippen molar-refractivity contribution in [1.82, 2.24) is 4.90 Å². The molecule has 0 aliphatic heterocycles. The van der Waals surface area contributed by atoms with Crippen LogP contribution in [0.2, 0.25) is 0 Å². The Kier molecular flexibility index (Phi) is 3.94. The molecule has 1 nitrogen and oxygen atoms in total. The number of rotatable bonds is 3. The molecule has 0 fully saturated rings. The third kappa shape index (κ3) is 3.49. The fourth-order valence-corrected chi connectivity index (χ4v) is 1.32. The molecule has 0 N–H and O–H groups in total. The van der Waals surface area contributed by atoms with Crippen molar-refractivity contribution in [3.63, 3.8) is 0 Å². The van der Waals surface area contributed by atoms with E-state index in [1.807, 2.05) is 0 Å². The van der Waals surface area contributed by atoms with Gasteiger partial charge in [-0.2, -0.15) is 0 Å². The van der Waals surface area contributed by atoms with Gasteiger partial charge in [-0.25, -0.2) is 0 Å². The van der Waals surface area contributed by atoms with Crippen LogP contribution in [-0.2, 0) is 6.54 Å². The molecule has 1 aromatic carbocycles. The van der Waals surface area contributed by atoms with Crippen LogP contribution in [0.3, 0.4) is 0 Å². The van der Waals surface area contributed by atoms with Gasteiger partial charge in [0.05, 0.1) is 0 Å². The van der Waals surface area contributed by atoms with Crippen molar-refractivity contribution in [2.24, 2.45) is 0 Å². The minimum atomic E-state index is 0.601. The molecule has 0 saturated heterocycles. The van der Waals surface area contributed by atoms with Gasteiger partial charge >= 0.3 is 0 Å². The highest BCUT2D eigenvalue weighted by atomic mass is 79.9. The zero-order valence-corrected chi connectivity index (χ0v) is 10.0. The van der Waals surface area contributed by atoms with E-state index < -0.39 is 0 Å². The summed E-state index contributed by atoms with van der Waals surface area (Å²) < 4.78 is 1.14. The zero-order valence-electron chi connectivity index (χ0n) is 8.42. The largest absolute Gasteiger partial charge is 0.300 e. The molecule has 0 atom stereocenters. The van der Waals surface area contributed by atoms with Gasteiger partial charge < -0.3 is 0 Å². The molecule has 0 spiro atoms. The SMILES string of the molecule is CC(C)N(C)Cc1ccc(Br)cc1. The highest BCUT2D eigenvalue weighted by molar-refractivity contribution is 9.10. The lowest BCUT2D eigenvalue weighted by atomic mass is 10.2. The molecule has 0 bridgehead atoms. The summed E-state index contributed by atoms with van der Waals surface area (Å²) in [5, 5.41) is 0. The second kappa shape index (κ2) is 4.77. The number of nitrogens with zero attached hydrogens (tertiary/aromatic N) is 1. The normalized spacial score (nSPS) is 11.2. The summed E-state index contributed by atoms with van der Waals surface area (Å²) >= 11 is 3.43. The Morgan fingerprint density at radius 1 is 1.23 bits per heavy atom. The smallest absolute Gasteiger partial charge is 0.0233 e. The molecular formula is C11H16BrN. The van der Waals surface area contributed by atoms with E-state index in [0.29, 0.717) is 6.04 Å². The molecule has 13 heavy (non-hydrogen) atoms. The Bertz CT molecular complexity index is 253. The van der Waals surface area contributed by atoms with Gasteiger partial charge in [-0.1, -0.05) is 28.1 Å². The highest BCUT2D eigenvalue weighted by Crippen LogP contribution is 2.12. The molecule has 0 aromatic heterocycles. The van der Waals surface area contributed by atoms with Crippen LogP contribution >= 0.6 is 15.9 Å². The summed E-state index contributed by atoms with van der Waals surface area (Å²) in [7, 11) is 2.15. The quantitative estimate of drug-likeness (QED) is 0.786. The van der Waals surface area contributed by atoms with Crippen molar-refractivity contribution in [1.29, 1.82) is 0 Å². The maximum absolute atomic E-state index is 3.43. The second-order valence-corrected chi connectivity index (χ2v) is 4.55. The Hall–Kier alpha value is -0.340. The van der Waals surface area contributed by atoms with Crippen molar-refractivity contribution >= 4 is 15.9 Å². The van der Waals surface area contributed by atoms with Crippen molar-refractivity contribution in [3.05, 3.63) is 34.3 Å². The van der Waals surface area contributed by atoms with Gasteiger partial charge in [0, 0.05) is 17.1 Å². The van der Waals surface area contributed by atoms with Crippen LogP contribution in [0.25, 0.3) is 0 Å². The summed E-state index contributed by atoms with van der Waals surface area (Å²) in [4.78, 5) is 2.32. The molecular weight excluding hydrogens is 226 g/mol. The lowest BCUT2D eigenvalue weighted by Crippen LogP contribution is -2.25. The van der Waals surface area contributed by atoms with Crippen molar-refractivity contribution in [3.8, 4) is 0 Å². The molecule has 0 amide bonds. The highest BCUT2D eigenvalue weighted by Gasteiger charge is 2.03. The first-order valence-corrected chi connectivity index (χ1v) is 5.33. The Morgan fingerprint density at radius 2 is 1.77 bits per heavy atom. The molecule has 0 unspecified atom stereocenters. The van der Waals surface area contributed by atoms with E-state index in [1.54, 1.807) is 0 Å². The Balaban J connectivity index is 2.59. The fraction of sp³-hybridized carbons (Fsp3) is 0.455. The maximum atomic E-state index is 3.43. The molecule has 0 radical (unpaired) electrons. The summed E-state index contributed by atoms with van der Waals surface area (Å²) in [6, 6.07) is 9.09. The van der Waals surface area contributed by atoms with E-state index in [0.717, 1.165) is 11.0 Å². The predicted molar refractivity (Wildman–Crippen MR) is 60.7 cm³/mol. The summed E-state index contributed by atoms with van der Waals surface area (Å²) in [6.45, 7) is 5.43. The van der Waals surface area contributed by atoms with Crippen LogP contribution in [0.5, 0.6) is 0 Å². The minimum Gasteiger partial charge on any atom is -0.300 e. The number of hydrogen-bond donors (Lipinski definition) is 0. The molecule has 0 saturated carbocycles. The van der Waals surface area contributed by atoms with E-state index in [-0.39, 0.29) is 0 Å². The fourth-order valence-electron chi connectivity index (χ4n) is 1.06. The number of benzene rings is 1. The first-order valence-electron chi connectivity index (χ1n) is 4.54. The van der Waals surface area contributed by atoms with E-state index in [1.165, 1.54) is 5.56 Å². The van der Waals surface area contributed by atoms with Crippen molar-refractivity contribution in [2.45, 2.75) is 26.4 Å². The summed E-state index contributed by atoms with van der Waals surface area (Å²) in [6.07, 6.45) is 0. The molecule has 1 aromatic rings. The van der Waals surface area contributed by atoms with Crippen LogP contribution in [0.4, 0.5) is 0 Å². The third-order valence-corrected chi connectivity index (χ3v) is 2.76. The topological polar surface area (TPSA) is 3.24 Å². The van der Waals surface area contributed by atoms with Crippen LogP contribution in [-0.4, -0.2) is 18.0 Å². The van der Waals surface area contributed by atoms with Crippen LogP contribution in [0.15, 0.2) is 28.7 Å². The third-order valence-electron chi connectivity index (χ3n) is 2.23. The zero-order chi connectivity index (χ0) is 9.84. The van der Waals surface area contributed by atoms with Gasteiger partial charge in [-0.3, -0.25) is 4.90 Å². The van der Waals surface area contributed by atoms with Crippen LogP contribution in [0, 0.1) is 0 Å². The van der Waals surface area contributed by atoms with E-state index in [4.69, 9.17) is 0 Å². The minimum absolute atomic E-state index is 0.601. The average Bonchev–Trinajstić information content (AvgIpc) is 2.08. The van der Waals surface area contributed by atoms with E-state index in [9.17, 15) is 0 Å². The molecule has 0 aliphatic rings. The Morgan fingerprint density at radius 3 is 2.23 bits per heavy atom. The van der Waals surface area contributed by atoms with Gasteiger partial charge in [-0.05, 0) is 38.6 Å². The molecule has 2 heteroatoms. The van der Waals surface area contributed by atoms with E-state index >= 15 is 0 Å². The predicted octanol–water partition coefficient (Wildman–Crippen LogP) is 3.29. The van der Waals surface area contributed by atoms with Crippen LogP contribution in [0.1, 0.15) is 19.4 Å². The maximum Gasteiger partial charge on any atom is 0.0233 e. The number of hydrogen-bond acceptors (Lipinski definition) is 1. The van der Waals surface area contributed by atoms with Crippen molar-refractivity contribution in [2.75, 3.05) is 7.05 Å². The standard InChI is InChI=1S/C11H16BrN/c1-9(2)13(3)8-10-4-6-11(12)7-5-10/h4-7,9H,8H2,1-3H3. The van der Waals surface area contributed by atoms with Crippen LogP contribution < -0.4 is 0 Å². The van der Waals surface area contributed by atoms with Gasteiger partial charge in [0.25, 0.3) is 0 Å². The second-order valence-electron chi connectivity index (χ2n) is 3.64. The monoisotopic (exact) mass is 241 g/mol. The number of halogens is 1. The van der Waals surface area contributed by atoms with E-state index in [2.05, 4.69) is 66.0 Å². The lowest BCUT2D eigenvalue weighted by Gasteiger charge is -2.20. The van der Waals surface area contributed by atoms with Gasteiger partial charge in [0.1, 0.15) is 0 Å². The molecule has 0 heterocycles. The summed E-state index contributed by atoms with van der Waals surface area (Å²) in [5.41, 5.74) is 1.36. The summed E-state index contributed by atoms with van der Waals surface area (Å²) in [5.74, 6) is 0. The van der Waals surface area contributed by atoms with Crippen molar-refractivity contribution < 1.29 is 0 Å².